The number of hydrogen-bond acceptors (Lipinski definition) is 5. The minimum absolute atomic E-state index is 0.158. The number of carbonyl (C=O) groups excluding carboxylic acids is 1. The number of nitro groups is 1. The van der Waals surface area contributed by atoms with Gasteiger partial charge in [-0.3, -0.25) is 14.9 Å². The monoisotopic (exact) mass is 344 g/mol. The lowest BCUT2D eigenvalue weighted by Crippen LogP contribution is -2.27. The van der Waals surface area contributed by atoms with Crippen molar-refractivity contribution >= 4 is 27.5 Å². The van der Waals surface area contributed by atoms with E-state index < -0.39 is 38.1 Å². The zero-order valence-corrected chi connectivity index (χ0v) is 13.8. The Bertz CT molecular complexity index is 770. The highest BCUT2D eigenvalue weighted by atomic mass is 32.3. The molecule has 0 N–H and O–H groups in total. The van der Waals surface area contributed by atoms with E-state index in [0.29, 0.717) is 5.56 Å². The summed E-state index contributed by atoms with van der Waals surface area (Å²) < 4.78 is 35.0. The maximum absolute atomic E-state index is 13.1. The van der Waals surface area contributed by atoms with Crippen molar-refractivity contribution in [2.75, 3.05) is 11.4 Å². The SMILES string of the molecule is CC(C)(C)c1ccc(N2CC(S(=O)(=O)F)CC2=O)cc1[N+](=O)[O-]. The number of halogens is 1. The normalized spacial score (nSPS) is 19.2. The van der Waals surface area contributed by atoms with E-state index in [1.54, 1.807) is 0 Å². The third-order valence-corrected chi connectivity index (χ3v) is 4.90. The molecule has 1 aromatic rings. The second-order valence-corrected chi connectivity index (χ2v) is 8.13. The van der Waals surface area contributed by atoms with Crippen LogP contribution in [0.3, 0.4) is 0 Å². The van der Waals surface area contributed by atoms with E-state index in [2.05, 4.69) is 0 Å². The van der Waals surface area contributed by atoms with Crippen LogP contribution in [0.4, 0.5) is 15.3 Å². The summed E-state index contributed by atoms with van der Waals surface area (Å²) >= 11 is 0. The standard InChI is InChI=1S/C14H17FN2O5S/c1-14(2,3)11-5-4-9(6-12(11)17(19)20)16-8-10(7-13(16)18)23(15,21)22/h4-6,10H,7-8H2,1-3H3. The first-order chi connectivity index (χ1) is 10.4. The van der Waals surface area contributed by atoms with E-state index in [-0.39, 0.29) is 17.9 Å². The van der Waals surface area contributed by atoms with Crippen molar-refractivity contribution in [3.8, 4) is 0 Å². The van der Waals surface area contributed by atoms with Crippen molar-refractivity contribution in [1.82, 2.24) is 0 Å². The van der Waals surface area contributed by atoms with Crippen molar-refractivity contribution in [2.24, 2.45) is 0 Å². The number of carbonyl (C=O) groups is 1. The summed E-state index contributed by atoms with van der Waals surface area (Å²) in [5, 5.41) is 9.85. The van der Waals surface area contributed by atoms with Gasteiger partial charge in [-0.1, -0.05) is 20.8 Å². The van der Waals surface area contributed by atoms with Gasteiger partial charge in [0.05, 0.1) is 10.6 Å². The number of rotatable bonds is 3. The van der Waals surface area contributed by atoms with Crippen LogP contribution in [0.25, 0.3) is 0 Å². The first kappa shape index (κ1) is 17.3. The average molecular weight is 344 g/mol. The van der Waals surface area contributed by atoms with Gasteiger partial charge in [-0.05, 0) is 17.5 Å². The molecular weight excluding hydrogens is 327 g/mol. The molecule has 0 aliphatic carbocycles. The van der Waals surface area contributed by atoms with Gasteiger partial charge in [0.1, 0.15) is 5.25 Å². The van der Waals surface area contributed by atoms with Gasteiger partial charge in [-0.15, -0.1) is 3.89 Å². The van der Waals surface area contributed by atoms with Crippen molar-refractivity contribution in [3.63, 3.8) is 0 Å². The Morgan fingerprint density at radius 2 is 1.96 bits per heavy atom. The van der Waals surface area contributed by atoms with E-state index in [4.69, 9.17) is 0 Å². The molecule has 0 saturated carbocycles. The van der Waals surface area contributed by atoms with Gasteiger partial charge in [0, 0.05) is 24.6 Å². The summed E-state index contributed by atoms with van der Waals surface area (Å²) in [5.41, 5.74) is 0.0589. The average Bonchev–Trinajstić information content (AvgIpc) is 2.79. The van der Waals surface area contributed by atoms with Crippen LogP contribution in [0.1, 0.15) is 32.8 Å². The number of anilines is 1. The predicted octanol–water partition coefficient (Wildman–Crippen LogP) is 2.30. The number of benzene rings is 1. The second-order valence-electron chi connectivity index (χ2n) is 6.51. The molecule has 1 atom stereocenters. The van der Waals surface area contributed by atoms with Crippen LogP contribution in [-0.4, -0.2) is 31.0 Å². The highest BCUT2D eigenvalue weighted by Crippen LogP contribution is 2.35. The largest absolute Gasteiger partial charge is 0.311 e. The third kappa shape index (κ3) is 3.49. The van der Waals surface area contributed by atoms with Crippen LogP contribution in [0, 0.1) is 10.1 Å². The summed E-state index contributed by atoms with van der Waals surface area (Å²) in [6.07, 6.45) is -0.465. The third-order valence-electron chi connectivity index (χ3n) is 3.79. The molecule has 1 heterocycles. The van der Waals surface area contributed by atoms with E-state index in [1.807, 2.05) is 20.8 Å². The van der Waals surface area contributed by atoms with Gasteiger partial charge in [0.25, 0.3) is 5.69 Å². The van der Waals surface area contributed by atoms with Crippen molar-refractivity contribution < 1.29 is 22.0 Å². The Morgan fingerprint density at radius 1 is 1.35 bits per heavy atom. The maximum Gasteiger partial charge on any atom is 0.307 e. The number of hydrogen-bond donors (Lipinski definition) is 0. The molecule has 2 rings (SSSR count). The lowest BCUT2D eigenvalue weighted by Gasteiger charge is -2.21. The van der Waals surface area contributed by atoms with Crippen LogP contribution in [-0.2, 0) is 20.4 Å². The minimum atomic E-state index is -4.83. The zero-order valence-electron chi connectivity index (χ0n) is 12.9. The lowest BCUT2D eigenvalue weighted by atomic mass is 9.85. The summed E-state index contributed by atoms with van der Waals surface area (Å²) in [6.45, 7) is 5.12. The second kappa shape index (κ2) is 5.55. The Hall–Kier alpha value is -2.03. The molecule has 1 amide bonds. The molecule has 7 nitrogen and oxygen atoms in total. The van der Waals surface area contributed by atoms with E-state index in [0.717, 1.165) is 4.90 Å². The minimum Gasteiger partial charge on any atom is -0.311 e. The predicted molar refractivity (Wildman–Crippen MR) is 82.6 cm³/mol. The lowest BCUT2D eigenvalue weighted by molar-refractivity contribution is -0.385. The number of amides is 1. The molecule has 126 valence electrons. The molecule has 1 unspecified atom stereocenters. The highest BCUT2D eigenvalue weighted by Gasteiger charge is 2.39. The first-order valence-electron chi connectivity index (χ1n) is 6.94. The van der Waals surface area contributed by atoms with Crippen molar-refractivity contribution in [2.45, 2.75) is 37.9 Å². The fraction of sp³-hybridized carbons (Fsp3) is 0.500. The molecule has 1 aromatic carbocycles. The fourth-order valence-electron chi connectivity index (χ4n) is 2.59. The number of nitro benzene ring substituents is 1. The molecule has 0 radical (unpaired) electrons. The van der Waals surface area contributed by atoms with E-state index in [9.17, 15) is 27.2 Å². The molecule has 0 bridgehead atoms. The van der Waals surface area contributed by atoms with Crippen LogP contribution in [0.15, 0.2) is 18.2 Å². The van der Waals surface area contributed by atoms with Crippen LogP contribution < -0.4 is 4.90 Å². The maximum atomic E-state index is 13.1. The molecule has 9 heteroatoms. The summed E-state index contributed by atoms with van der Waals surface area (Å²) in [4.78, 5) is 23.7. The molecule has 1 saturated heterocycles. The summed E-state index contributed by atoms with van der Waals surface area (Å²) in [5.74, 6) is -0.575. The molecule has 1 aliphatic heterocycles. The van der Waals surface area contributed by atoms with Gasteiger partial charge in [0.15, 0.2) is 0 Å². The zero-order chi connectivity index (χ0) is 17.6. The van der Waals surface area contributed by atoms with Crippen LogP contribution >= 0.6 is 0 Å². The fourth-order valence-corrected chi connectivity index (χ4v) is 3.25. The molecule has 0 spiro atoms. The summed E-state index contributed by atoms with van der Waals surface area (Å²) in [7, 11) is -4.83. The Balaban J connectivity index is 2.44. The number of nitrogens with zero attached hydrogens (tertiary/aromatic N) is 2. The van der Waals surface area contributed by atoms with Gasteiger partial charge in [-0.2, -0.15) is 8.42 Å². The van der Waals surface area contributed by atoms with Gasteiger partial charge in [0.2, 0.25) is 5.91 Å². The first-order valence-corrected chi connectivity index (χ1v) is 8.38. The quantitative estimate of drug-likeness (QED) is 0.476. The van der Waals surface area contributed by atoms with Gasteiger partial charge >= 0.3 is 10.2 Å². The Labute approximate surface area is 133 Å². The van der Waals surface area contributed by atoms with Crippen molar-refractivity contribution in [1.29, 1.82) is 0 Å². The molecule has 1 fully saturated rings. The topological polar surface area (TPSA) is 97.6 Å². The highest BCUT2D eigenvalue weighted by molar-refractivity contribution is 7.87. The molecule has 23 heavy (non-hydrogen) atoms. The Morgan fingerprint density at radius 3 is 2.39 bits per heavy atom. The van der Waals surface area contributed by atoms with E-state index in [1.165, 1.54) is 18.2 Å². The van der Waals surface area contributed by atoms with Crippen molar-refractivity contribution in [3.05, 3.63) is 33.9 Å². The smallest absolute Gasteiger partial charge is 0.307 e. The van der Waals surface area contributed by atoms with Crippen LogP contribution in [0.5, 0.6) is 0 Å². The Kier molecular flexibility index (Phi) is 4.18. The van der Waals surface area contributed by atoms with Gasteiger partial charge < -0.3 is 4.90 Å². The summed E-state index contributed by atoms with van der Waals surface area (Å²) in [6, 6.07) is 4.28. The van der Waals surface area contributed by atoms with E-state index >= 15 is 0 Å². The molecule has 0 aromatic heterocycles. The molecule has 1 aliphatic rings. The molecular formula is C14H17FN2O5S. The van der Waals surface area contributed by atoms with Gasteiger partial charge in [-0.25, -0.2) is 0 Å². The van der Waals surface area contributed by atoms with Crippen LogP contribution in [0.2, 0.25) is 0 Å².